The van der Waals surface area contributed by atoms with E-state index < -0.39 is 0 Å². The third-order valence-corrected chi connectivity index (χ3v) is 6.41. The van der Waals surface area contributed by atoms with Crippen LogP contribution in [0, 0.1) is 0 Å². The largest absolute Gasteiger partial charge is 0.379 e. The molecule has 1 aliphatic heterocycles. The summed E-state index contributed by atoms with van der Waals surface area (Å²) in [5.74, 6) is 0.841. The quantitative estimate of drug-likeness (QED) is 0.304. The Kier molecular flexibility index (Phi) is 10.9. The number of benzene rings is 1. The van der Waals surface area contributed by atoms with Crippen LogP contribution in [-0.4, -0.2) is 70.4 Å². The third kappa shape index (κ3) is 7.11. The Labute approximate surface area is 201 Å². The highest BCUT2D eigenvalue weighted by molar-refractivity contribution is 14.0. The molecule has 0 spiro atoms. The van der Waals surface area contributed by atoms with E-state index in [1.165, 1.54) is 10.6 Å². The molecule has 8 heteroatoms. The van der Waals surface area contributed by atoms with E-state index in [1.54, 1.807) is 0 Å². The van der Waals surface area contributed by atoms with Crippen LogP contribution in [0.3, 0.4) is 0 Å². The van der Waals surface area contributed by atoms with Crippen molar-refractivity contribution in [2.24, 2.45) is 4.99 Å². The molecular weight excluding hydrogens is 509 g/mol. The Bertz CT molecular complexity index is 737. The predicted octanol–water partition coefficient (Wildman–Crippen LogP) is 3.43. The van der Waals surface area contributed by atoms with E-state index in [4.69, 9.17) is 4.74 Å². The fraction of sp³-hybridized carbons (Fsp3) is 0.500. The number of rotatable bonds is 8. The number of thiophene rings is 1. The van der Waals surface area contributed by atoms with E-state index in [2.05, 4.69) is 81.2 Å². The number of anilines is 1. The van der Waals surface area contributed by atoms with Crippen molar-refractivity contribution in [2.75, 3.05) is 58.4 Å². The third-order valence-electron chi connectivity index (χ3n) is 5.43. The van der Waals surface area contributed by atoms with Gasteiger partial charge < -0.3 is 20.3 Å². The standard InChI is InChI=1S/C22H33N5OS.HI/c1-18(26(3)19-8-5-4-6-9-19)16-24-22(23-2)25-17-20(21-10-7-15-29-21)27-11-13-28-14-12-27;/h4-10,15,18,20H,11-14,16-17H2,1-3H3,(H2,23,24,25);1H. The van der Waals surface area contributed by atoms with Crippen LogP contribution in [0.15, 0.2) is 52.8 Å². The van der Waals surface area contributed by atoms with Gasteiger partial charge in [0.25, 0.3) is 0 Å². The lowest BCUT2D eigenvalue weighted by molar-refractivity contribution is 0.0177. The van der Waals surface area contributed by atoms with Gasteiger partial charge in [0.2, 0.25) is 0 Å². The summed E-state index contributed by atoms with van der Waals surface area (Å²) >= 11 is 1.81. The van der Waals surface area contributed by atoms with E-state index in [0.717, 1.165) is 45.4 Å². The van der Waals surface area contributed by atoms with Gasteiger partial charge in [0.05, 0.1) is 19.3 Å². The number of hydrogen-bond donors (Lipinski definition) is 2. The van der Waals surface area contributed by atoms with Crippen molar-refractivity contribution in [1.29, 1.82) is 0 Å². The number of halogens is 1. The second-order valence-electron chi connectivity index (χ2n) is 7.31. The van der Waals surface area contributed by atoms with Crippen molar-refractivity contribution < 1.29 is 4.74 Å². The second kappa shape index (κ2) is 13.1. The fourth-order valence-corrected chi connectivity index (χ4v) is 4.35. The van der Waals surface area contributed by atoms with Crippen LogP contribution in [-0.2, 0) is 4.74 Å². The van der Waals surface area contributed by atoms with E-state index in [9.17, 15) is 0 Å². The van der Waals surface area contributed by atoms with Gasteiger partial charge in [-0.15, -0.1) is 35.3 Å². The maximum Gasteiger partial charge on any atom is 0.191 e. The number of hydrogen-bond acceptors (Lipinski definition) is 5. The van der Waals surface area contributed by atoms with E-state index in [-0.39, 0.29) is 24.0 Å². The van der Waals surface area contributed by atoms with Crippen LogP contribution in [0.4, 0.5) is 5.69 Å². The Morgan fingerprint density at radius 2 is 1.83 bits per heavy atom. The molecule has 1 aromatic heterocycles. The molecule has 1 fully saturated rings. The van der Waals surface area contributed by atoms with Crippen molar-refractivity contribution in [3.63, 3.8) is 0 Å². The summed E-state index contributed by atoms with van der Waals surface area (Å²) in [7, 11) is 3.96. The molecule has 2 N–H and O–H groups in total. The highest BCUT2D eigenvalue weighted by atomic mass is 127. The number of likely N-dealkylation sites (N-methyl/N-ethyl adjacent to an activating group) is 1. The molecule has 1 aromatic carbocycles. The zero-order chi connectivity index (χ0) is 20.5. The lowest BCUT2D eigenvalue weighted by Gasteiger charge is -2.34. The van der Waals surface area contributed by atoms with Crippen molar-refractivity contribution >= 4 is 47.0 Å². The topological polar surface area (TPSA) is 52.1 Å². The molecule has 0 saturated carbocycles. The molecule has 2 atom stereocenters. The Hall–Kier alpha value is -1.36. The minimum Gasteiger partial charge on any atom is -0.379 e. The molecule has 6 nitrogen and oxygen atoms in total. The first-order valence-electron chi connectivity index (χ1n) is 10.3. The van der Waals surface area contributed by atoms with Gasteiger partial charge in [-0.3, -0.25) is 9.89 Å². The summed E-state index contributed by atoms with van der Waals surface area (Å²) in [6.45, 7) is 7.39. The lowest BCUT2D eigenvalue weighted by Crippen LogP contribution is -2.48. The molecule has 2 unspecified atom stereocenters. The summed E-state index contributed by atoms with van der Waals surface area (Å²) in [6.07, 6.45) is 0. The van der Waals surface area contributed by atoms with Crippen LogP contribution in [0.1, 0.15) is 17.8 Å². The zero-order valence-electron chi connectivity index (χ0n) is 18.1. The monoisotopic (exact) mass is 543 g/mol. The molecule has 1 aliphatic rings. The van der Waals surface area contributed by atoms with Gasteiger partial charge in [-0.25, -0.2) is 0 Å². The van der Waals surface area contributed by atoms with Crippen LogP contribution in [0.5, 0.6) is 0 Å². The summed E-state index contributed by atoms with van der Waals surface area (Å²) in [5, 5.41) is 9.16. The first-order chi connectivity index (χ1) is 14.2. The molecule has 166 valence electrons. The summed E-state index contributed by atoms with van der Waals surface area (Å²) in [6, 6.07) is 15.5. The Balaban J connectivity index is 0.00000320. The average molecular weight is 544 g/mol. The van der Waals surface area contributed by atoms with E-state index in [1.807, 2.05) is 24.5 Å². The molecule has 2 heterocycles. The van der Waals surface area contributed by atoms with Crippen molar-refractivity contribution in [2.45, 2.75) is 19.0 Å². The highest BCUT2D eigenvalue weighted by Gasteiger charge is 2.23. The first-order valence-corrected chi connectivity index (χ1v) is 11.1. The fourth-order valence-electron chi connectivity index (χ4n) is 3.49. The number of ether oxygens (including phenoxy) is 1. The molecule has 0 radical (unpaired) electrons. The SMILES string of the molecule is CN=C(NCC(c1cccs1)N1CCOCC1)NCC(C)N(C)c1ccccc1.I. The number of nitrogens with one attached hydrogen (secondary N) is 2. The Morgan fingerprint density at radius 3 is 2.47 bits per heavy atom. The summed E-state index contributed by atoms with van der Waals surface area (Å²) < 4.78 is 5.54. The Morgan fingerprint density at radius 1 is 1.13 bits per heavy atom. The van der Waals surface area contributed by atoms with Gasteiger partial charge in [0.1, 0.15) is 0 Å². The van der Waals surface area contributed by atoms with Crippen LogP contribution < -0.4 is 15.5 Å². The van der Waals surface area contributed by atoms with Crippen molar-refractivity contribution in [3.05, 3.63) is 52.7 Å². The highest BCUT2D eigenvalue weighted by Crippen LogP contribution is 2.25. The van der Waals surface area contributed by atoms with Gasteiger partial charge in [0, 0.05) is 56.9 Å². The molecule has 3 rings (SSSR count). The average Bonchev–Trinajstić information content (AvgIpc) is 3.31. The number of guanidine groups is 1. The zero-order valence-corrected chi connectivity index (χ0v) is 21.2. The molecular formula is C22H34IN5OS. The van der Waals surface area contributed by atoms with Crippen LogP contribution in [0.25, 0.3) is 0 Å². The number of morpholine rings is 1. The normalized spacial score (nSPS) is 17.0. The molecule has 1 saturated heterocycles. The predicted molar refractivity (Wildman–Crippen MR) is 139 cm³/mol. The van der Waals surface area contributed by atoms with Crippen LogP contribution in [0.2, 0.25) is 0 Å². The van der Waals surface area contributed by atoms with Crippen molar-refractivity contribution in [1.82, 2.24) is 15.5 Å². The number of para-hydroxylation sites is 1. The van der Waals surface area contributed by atoms with Crippen LogP contribution >= 0.6 is 35.3 Å². The van der Waals surface area contributed by atoms with E-state index >= 15 is 0 Å². The maximum absolute atomic E-state index is 5.54. The van der Waals surface area contributed by atoms with Gasteiger partial charge >= 0.3 is 0 Å². The first kappa shape index (κ1) is 24.9. The minimum atomic E-state index is 0. The van der Waals surface area contributed by atoms with E-state index in [0.29, 0.717) is 12.1 Å². The number of aliphatic imine (C=N–C) groups is 1. The smallest absolute Gasteiger partial charge is 0.191 e. The van der Waals surface area contributed by atoms with Gasteiger partial charge in [-0.2, -0.15) is 0 Å². The van der Waals surface area contributed by atoms with Gasteiger partial charge in [-0.1, -0.05) is 24.3 Å². The van der Waals surface area contributed by atoms with Gasteiger partial charge in [-0.05, 0) is 30.5 Å². The summed E-state index contributed by atoms with van der Waals surface area (Å²) in [5.41, 5.74) is 1.22. The van der Waals surface area contributed by atoms with Crippen molar-refractivity contribution in [3.8, 4) is 0 Å². The lowest BCUT2D eigenvalue weighted by atomic mass is 10.2. The molecule has 2 aromatic rings. The molecule has 0 aliphatic carbocycles. The second-order valence-corrected chi connectivity index (χ2v) is 8.29. The molecule has 0 bridgehead atoms. The van der Waals surface area contributed by atoms with Gasteiger partial charge in [0.15, 0.2) is 5.96 Å². The minimum absolute atomic E-state index is 0. The summed E-state index contributed by atoms with van der Waals surface area (Å²) in [4.78, 5) is 10.6. The molecule has 30 heavy (non-hydrogen) atoms. The molecule has 0 amide bonds. The number of nitrogens with zero attached hydrogens (tertiary/aromatic N) is 3. The maximum atomic E-state index is 5.54.